The second kappa shape index (κ2) is 9.72. The summed E-state index contributed by atoms with van der Waals surface area (Å²) in [5, 5.41) is 7.28. The molecule has 3 aromatic rings. The van der Waals surface area contributed by atoms with Gasteiger partial charge in [-0.25, -0.2) is 0 Å². The summed E-state index contributed by atoms with van der Waals surface area (Å²) < 4.78 is 5.59. The highest BCUT2D eigenvalue weighted by molar-refractivity contribution is 7.80. The monoisotopic (exact) mass is 388 g/mol. The molecule has 0 radical (unpaired) electrons. The van der Waals surface area contributed by atoms with Crippen LogP contribution in [0.4, 0.5) is 5.69 Å². The molecule has 142 valence electrons. The van der Waals surface area contributed by atoms with Crippen LogP contribution in [0.25, 0.3) is 0 Å². The number of thiocarbonyl (C=S) groups is 1. The van der Waals surface area contributed by atoms with Gasteiger partial charge in [0.05, 0.1) is 6.04 Å². The van der Waals surface area contributed by atoms with Crippen molar-refractivity contribution in [2.45, 2.75) is 13.0 Å². The second-order valence-corrected chi connectivity index (χ2v) is 6.83. The maximum absolute atomic E-state index is 5.61. The third kappa shape index (κ3) is 5.21. The van der Waals surface area contributed by atoms with E-state index in [0.29, 0.717) is 11.7 Å². The first-order valence-electron chi connectivity index (χ1n) is 9.19. The Balaban J connectivity index is 1.79. The van der Waals surface area contributed by atoms with Gasteiger partial charge >= 0.3 is 0 Å². The lowest BCUT2D eigenvalue weighted by molar-refractivity contribution is 0.363. The van der Waals surface area contributed by atoms with E-state index >= 15 is 0 Å². The second-order valence-electron chi connectivity index (χ2n) is 6.43. The molecule has 3 nitrogen and oxygen atoms in total. The van der Waals surface area contributed by atoms with Gasteiger partial charge in [-0.05, 0) is 48.0 Å². The van der Waals surface area contributed by atoms with Gasteiger partial charge in [0.15, 0.2) is 5.11 Å². The van der Waals surface area contributed by atoms with Crippen molar-refractivity contribution in [3.05, 3.63) is 108 Å². The van der Waals surface area contributed by atoms with Crippen molar-refractivity contribution in [3.63, 3.8) is 0 Å². The first-order chi connectivity index (χ1) is 13.7. The van der Waals surface area contributed by atoms with Crippen LogP contribution in [0.2, 0.25) is 0 Å². The van der Waals surface area contributed by atoms with E-state index < -0.39 is 0 Å². The summed E-state index contributed by atoms with van der Waals surface area (Å²) in [4.78, 5) is 0. The van der Waals surface area contributed by atoms with Crippen LogP contribution in [0, 0.1) is 6.92 Å². The lowest BCUT2D eigenvalue weighted by Gasteiger charge is -2.23. The van der Waals surface area contributed by atoms with Gasteiger partial charge in [0, 0.05) is 11.8 Å². The number of hydrogen-bond acceptors (Lipinski definition) is 2. The van der Waals surface area contributed by atoms with E-state index in [2.05, 4.69) is 54.5 Å². The van der Waals surface area contributed by atoms with Crippen molar-refractivity contribution in [1.82, 2.24) is 5.32 Å². The summed E-state index contributed by atoms with van der Waals surface area (Å²) in [5.41, 5.74) is 4.44. The molecule has 2 N–H and O–H groups in total. The van der Waals surface area contributed by atoms with Gasteiger partial charge < -0.3 is 15.4 Å². The topological polar surface area (TPSA) is 33.3 Å². The molecular weight excluding hydrogens is 364 g/mol. The molecule has 0 amide bonds. The smallest absolute Gasteiger partial charge is 0.171 e. The highest BCUT2D eigenvalue weighted by Crippen LogP contribution is 2.25. The maximum atomic E-state index is 5.61. The Labute approximate surface area is 172 Å². The van der Waals surface area contributed by atoms with Crippen LogP contribution >= 0.6 is 12.2 Å². The molecule has 0 fully saturated rings. The number of ether oxygens (including phenoxy) is 1. The minimum atomic E-state index is -0.0393. The third-order valence-corrected chi connectivity index (χ3v) is 4.59. The fourth-order valence-corrected chi connectivity index (χ4v) is 3.25. The van der Waals surface area contributed by atoms with Crippen LogP contribution in [0.5, 0.6) is 5.75 Å². The Morgan fingerprint density at radius 3 is 2.54 bits per heavy atom. The molecule has 0 bridgehead atoms. The van der Waals surface area contributed by atoms with Gasteiger partial charge in [-0.2, -0.15) is 0 Å². The molecule has 0 heterocycles. The lowest BCUT2D eigenvalue weighted by Crippen LogP contribution is -2.33. The molecule has 0 unspecified atom stereocenters. The van der Waals surface area contributed by atoms with E-state index in [1.165, 1.54) is 11.1 Å². The van der Waals surface area contributed by atoms with Crippen molar-refractivity contribution in [3.8, 4) is 5.75 Å². The number of hydrogen-bond donors (Lipinski definition) is 2. The first kappa shape index (κ1) is 19.6. The van der Waals surface area contributed by atoms with E-state index in [9.17, 15) is 0 Å². The summed E-state index contributed by atoms with van der Waals surface area (Å²) in [6.07, 6.45) is 1.72. The van der Waals surface area contributed by atoms with Gasteiger partial charge in [-0.1, -0.05) is 73.3 Å². The van der Waals surface area contributed by atoms with Gasteiger partial charge in [-0.15, -0.1) is 0 Å². The molecule has 3 rings (SSSR count). The lowest BCUT2D eigenvalue weighted by atomic mass is 9.95. The molecule has 0 aromatic heterocycles. The number of rotatable bonds is 7. The van der Waals surface area contributed by atoms with Gasteiger partial charge in [0.1, 0.15) is 12.4 Å². The highest BCUT2D eigenvalue weighted by Gasteiger charge is 2.17. The molecule has 0 aliphatic heterocycles. The Morgan fingerprint density at radius 1 is 1.04 bits per heavy atom. The summed E-state index contributed by atoms with van der Waals surface area (Å²) in [6.45, 7) is 6.26. The van der Waals surface area contributed by atoms with E-state index in [1.54, 1.807) is 6.08 Å². The summed E-state index contributed by atoms with van der Waals surface area (Å²) in [6, 6.07) is 26.3. The molecule has 0 saturated heterocycles. The standard InChI is InChI=1S/C24H24N2OS/c1-3-16-27-21-14-9-13-20(17-21)25-24(28)26-23(19-11-5-4-6-12-19)22-15-8-7-10-18(22)2/h3-15,17,23H,1,16H2,2H3,(H2,25,26,28)/t23-/m1/s1. The maximum Gasteiger partial charge on any atom is 0.171 e. The van der Waals surface area contributed by atoms with Crippen LogP contribution in [0.1, 0.15) is 22.7 Å². The minimum absolute atomic E-state index is 0.0393. The number of aryl methyl sites for hydroxylation is 1. The Bertz CT molecular complexity index is 940. The molecule has 1 atom stereocenters. The zero-order valence-corrected chi connectivity index (χ0v) is 16.7. The van der Waals surface area contributed by atoms with Crippen molar-refractivity contribution in [2.75, 3.05) is 11.9 Å². The quantitative estimate of drug-likeness (QED) is 0.406. The molecule has 0 saturated carbocycles. The van der Waals surface area contributed by atoms with Crippen LogP contribution in [-0.4, -0.2) is 11.7 Å². The predicted octanol–water partition coefficient (Wildman–Crippen LogP) is 5.64. The Kier molecular flexibility index (Phi) is 6.82. The molecule has 3 aromatic carbocycles. The molecule has 0 aliphatic rings. The van der Waals surface area contributed by atoms with Crippen LogP contribution in [0.3, 0.4) is 0 Å². The fraction of sp³-hybridized carbons (Fsp3) is 0.125. The summed E-state index contributed by atoms with van der Waals surface area (Å²) in [5.74, 6) is 0.770. The molecule has 4 heteroatoms. The first-order valence-corrected chi connectivity index (χ1v) is 9.60. The van der Waals surface area contributed by atoms with Crippen LogP contribution < -0.4 is 15.4 Å². The zero-order chi connectivity index (χ0) is 19.8. The predicted molar refractivity (Wildman–Crippen MR) is 121 cm³/mol. The number of benzene rings is 3. The van der Waals surface area contributed by atoms with Crippen LogP contribution in [-0.2, 0) is 0 Å². The molecule has 0 aliphatic carbocycles. The zero-order valence-electron chi connectivity index (χ0n) is 15.9. The van der Waals surface area contributed by atoms with E-state index in [0.717, 1.165) is 17.0 Å². The van der Waals surface area contributed by atoms with Crippen molar-refractivity contribution in [1.29, 1.82) is 0 Å². The average molecular weight is 389 g/mol. The number of anilines is 1. The SMILES string of the molecule is C=CCOc1cccc(NC(=S)N[C@H](c2ccccc2)c2ccccc2C)c1. The molecule has 28 heavy (non-hydrogen) atoms. The molecular formula is C24H24N2OS. The normalized spacial score (nSPS) is 11.3. The summed E-state index contributed by atoms with van der Waals surface area (Å²) in [7, 11) is 0. The summed E-state index contributed by atoms with van der Waals surface area (Å²) >= 11 is 5.61. The average Bonchev–Trinajstić information content (AvgIpc) is 2.72. The largest absolute Gasteiger partial charge is 0.489 e. The fourth-order valence-electron chi connectivity index (χ4n) is 3.01. The Hall–Kier alpha value is -3.11. The minimum Gasteiger partial charge on any atom is -0.489 e. The van der Waals surface area contributed by atoms with E-state index in [4.69, 9.17) is 17.0 Å². The van der Waals surface area contributed by atoms with Gasteiger partial charge in [-0.3, -0.25) is 0 Å². The highest BCUT2D eigenvalue weighted by atomic mass is 32.1. The van der Waals surface area contributed by atoms with Crippen molar-refractivity contribution < 1.29 is 4.74 Å². The molecule has 0 spiro atoms. The van der Waals surface area contributed by atoms with E-state index in [-0.39, 0.29) is 6.04 Å². The number of nitrogens with one attached hydrogen (secondary N) is 2. The van der Waals surface area contributed by atoms with Gasteiger partial charge in [0.2, 0.25) is 0 Å². The van der Waals surface area contributed by atoms with Gasteiger partial charge in [0.25, 0.3) is 0 Å². The Morgan fingerprint density at radius 2 is 1.79 bits per heavy atom. The van der Waals surface area contributed by atoms with Crippen molar-refractivity contribution >= 4 is 23.0 Å². The van der Waals surface area contributed by atoms with Crippen molar-refractivity contribution in [2.24, 2.45) is 0 Å². The van der Waals surface area contributed by atoms with E-state index in [1.807, 2.05) is 48.5 Å². The third-order valence-electron chi connectivity index (χ3n) is 4.37. The van der Waals surface area contributed by atoms with Crippen LogP contribution in [0.15, 0.2) is 91.5 Å².